The van der Waals surface area contributed by atoms with Gasteiger partial charge in [0.2, 0.25) is 5.91 Å². The number of ketones is 1. The first kappa shape index (κ1) is 26.5. The SMILES string of the molecule is CCCC[C@H](NC(=O)[C@@H](NC(=O)OCc1ccccc1)C(C)C)C(=O)CSCc1ccco1. The van der Waals surface area contributed by atoms with Gasteiger partial charge in [0.25, 0.3) is 0 Å². The molecule has 8 heteroatoms. The van der Waals surface area contributed by atoms with Crippen LogP contribution in [-0.2, 0) is 26.7 Å². The standard InChI is InChI=1S/C25H34N2O5S/c1-4-5-13-21(22(28)17-33-16-20-12-9-14-31-20)26-24(29)23(18(2)3)27-25(30)32-15-19-10-7-6-8-11-19/h6-12,14,18,21,23H,4-5,13,15-17H2,1-3H3,(H,26,29)(H,27,30)/t21-,23-/m0/s1. The van der Waals surface area contributed by atoms with E-state index in [2.05, 4.69) is 10.6 Å². The summed E-state index contributed by atoms with van der Waals surface area (Å²) in [6.45, 7) is 5.83. The number of carbonyl (C=O) groups is 3. The molecule has 0 aliphatic heterocycles. The fourth-order valence-electron chi connectivity index (χ4n) is 3.16. The molecule has 0 fully saturated rings. The third-order valence-corrected chi connectivity index (χ3v) is 6.03. The molecule has 0 unspecified atom stereocenters. The highest BCUT2D eigenvalue weighted by molar-refractivity contribution is 7.99. The largest absolute Gasteiger partial charge is 0.468 e. The molecule has 180 valence electrons. The van der Waals surface area contributed by atoms with Gasteiger partial charge in [0.15, 0.2) is 5.78 Å². The molecular weight excluding hydrogens is 440 g/mol. The van der Waals surface area contributed by atoms with Gasteiger partial charge in [-0.3, -0.25) is 9.59 Å². The molecule has 2 aromatic rings. The zero-order valence-electron chi connectivity index (χ0n) is 19.5. The lowest BCUT2D eigenvalue weighted by Gasteiger charge is -2.25. The second-order valence-corrected chi connectivity index (χ2v) is 9.16. The van der Waals surface area contributed by atoms with Crippen LogP contribution in [0.2, 0.25) is 0 Å². The van der Waals surface area contributed by atoms with Crippen LogP contribution in [0.4, 0.5) is 4.79 Å². The van der Waals surface area contributed by atoms with Crippen LogP contribution in [0, 0.1) is 5.92 Å². The number of hydrogen-bond acceptors (Lipinski definition) is 6. The maximum Gasteiger partial charge on any atom is 0.408 e. The normalized spacial score (nSPS) is 12.7. The highest BCUT2D eigenvalue weighted by Crippen LogP contribution is 2.15. The molecule has 0 spiro atoms. The summed E-state index contributed by atoms with van der Waals surface area (Å²) in [5.41, 5.74) is 0.857. The maximum absolute atomic E-state index is 13.0. The van der Waals surface area contributed by atoms with Crippen molar-refractivity contribution in [2.24, 2.45) is 5.92 Å². The highest BCUT2D eigenvalue weighted by atomic mass is 32.2. The molecule has 0 saturated heterocycles. The van der Waals surface area contributed by atoms with Crippen LogP contribution in [0.1, 0.15) is 51.4 Å². The third kappa shape index (κ3) is 9.74. The molecule has 2 atom stereocenters. The van der Waals surface area contributed by atoms with E-state index < -0.39 is 18.2 Å². The first-order chi connectivity index (χ1) is 15.9. The molecule has 33 heavy (non-hydrogen) atoms. The summed E-state index contributed by atoms with van der Waals surface area (Å²) in [6, 6.07) is 11.6. The van der Waals surface area contributed by atoms with E-state index in [9.17, 15) is 14.4 Å². The Labute approximate surface area is 200 Å². The molecule has 0 saturated carbocycles. The van der Waals surface area contributed by atoms with E-state index in [1.807, 2.05) is 63.2 Å². The van der Waals surface area contributed by atoms with Crippen molar-refractivity contribution in [3.8, 4) is 0 Å². The zero-order valence-corrected chi connectivity index (χ0v) is 20.4. The highest BCUT2D eigenvalue weighted by Gasteiger charge is 2.29. The number of amides is 2. The second kappa shape index (κ2) is 14.4. The van der Waals surface area contributed by atoms with Crippen LogP contribution < -0.4 is 10.6 Å². The number of benzene rings is 1. The summed E-state index contributed by atoms with van der Waals surface area (Å²) in [5, 5.41) is 5.51. The van der Waals surface area contributed by atoms with Crippen molar-refractivity contribution >= 4 is 29.5 Å². The minimum Gasteiger partial charge on any atom is -0.468 e. The van der Waals surface area contributed by atoms with Crippen LogP contribution in [0.5, 0.6) is 0 Å². The number of ether oxygens (including phenoxy) is 1. The Morgan fingerprint density at radius 2 is 1.82 bits per heavy atom. The van der Waals surface area contributed by atoms with Crippen LogP contribution in [0.25, 0.3) is 0 Å². The second-order valence-electron chi connectivity index (χ2n) is 8.17. The Balaban J connectivity index is 1.90. The number of nitrogens with one attached hydrogen (secondary N) is 2. The summed E-state index contributed by atoms with van der Waals surface area (Å²) in [7, 11) is 0. The molecule has 0 radical (unpaired) electrons. The molecule has 1 aromatic heterocycles. The monoisotopic (exact) mass is 474 g/mol. The van der Waals surface area contributed by atoms with Crippen molar-refractivity contribution in [3.63, 3.8) is 0 Å². The quantitative estimate of drug-likeness (QED) is 0.412. The van der Waals surface area contributed by atoms with Gasteiger partial charge in [-0.05, 0) is 30.0 Å². The number of thioether (sulfide) groups is 1. The summed E-state index contributed by atoms with van der Waals surface area (Å²) < 4.78 is 10.5. The summed E-state index contributed by atoms with van der Waals surface area (Å²) >= 11 is 1.45. The molecule has 1 heterocycles. The number of hydrogen-bond donors (Lipinski definition) is 2. The number of furan rings is 1. The predicted molar refractivity (Wildman–Crippen MR) is 130 cm³/mol. The van der Waals surface area contributed by atoms with Gasteiger partial charge in [0, 0.05) is 0 Å². The number of Topliss-reactive ketones (excluding diaryl/α,β-unsaturated/α-hetero) is 1. The molecule has 0 aliphatic carbocycles. The van der Waals surface area contributed by atoms with Gasteiger partial charge in [-0.15, -0.1) is 11.8 Å². The lowest BCUT2D eigenvalue weighted by Crippen LogP contribution is -2.54. The van der Waals surface area contributed by atoms with Crippen molar-refractivity contribution in [3.05, 3.63) is 60.1 Å². The maximum atomic E-state index is 13.0. The molecule has 2 amide bonds. The molecule has 2 rings (SSSR count). The number of carbonyl (C=O) groups excluding carboxylic acids is 3. The van der Waals surface area contributed by atoms with Gasteiger partial charge >= 0.3 is 6.09 Å². The van der Waals surface area contributed by atoms with E-state index >= 15 is 0 Å². The van der Waals surface area contributed by atoms with Crippen molar-refractivity contribution in [1.82, 2.24) is 10.6 Å². The zero-order chi connectivity index (χ0) is 24.1. The van der Waals surface area contributed by atoms with Crippen molar-refractivity contribution in [2.45, 2.75) is 64.5 Å². The molecular formula is C25H34N2O5S. The fraction of sp³-hybridized carbons (Fsp3) is 0.480. The van der Waals surface area contributed by atoms with Gasteiger partial charge in [-0.1, -0.05) is 63.9 Å². The first-order valence-corrected chi connectivity index (χ1v) is 12.5. The lowest BCUT2D eigenvalue weighted by molar-refractivity contribution is -0.128. The number of alkyl carbamates (subject to hydrolysis) is 1. The molecule has 7 nitrogen and oxygen atoms in total. The fourth-order valence-corrected chi connectivity index (χ4v) is 4.03. The van der Waals surface area contributed by atoms with Gasteiger partial charge in [-0.25, -0.2) is 4.79 Å². The Morgan fingerprint density at radius 1 is 1.06 bits per heavy atom. The van der Waals surface area contributed by atoms with E-state index in [0.717, 1.165) is 24.2 Å². The average molecular weight is 475 g/mol. The smallest absolute Gasteiger partial charge is 0.408 e. The number of unbranched alkanes of at least 4 members (excludes halogenated alkanes) is 1. The summed E-state index contributed by atoms with van der Waals surface area (Å²) in [4.78, 5) is 38.1. The van der Waals surface area contributed by atoms with Crippen LogP contribution in [0.3, 0.4) is 0 Å². The van der Waals surface area contributed by atoms with E-state index in [1.165, 1.54) is 11.8 Å². The van der Waals surface area contributed by atoms with E-state index in [4.69, 9.17) is 9.15 Å². The molecule has 2 N–H and O–H groups in total. The van der Waals surface area contributed by atoms with Gasteiger partial charge < -0.3 is 19.8 Å². The topological polar surface area (TPSA) is 97.6 Å². The van der Waals surface area contributed by atoms with Gasteiger partial charge in [0.05, 0.1) is 23.8 Å². The minimum absolute atomic E-state index is 0.0393. The first-order valence-electron chi connectivity index (χ1n) is 11.3. The van der Waals surface area contributed by atoms with Crippen LogP contribution in [-0.4, -0.2) is 35.6 Å². The van der Waals surface area contributed by atoms with Crippen molar-refractivity contribution in [2.75, 3.05) is 5.75 Å². The van der Waals surface area contributed by atoms with Gasteiger partial charge in [0.1, 0.15) is 18.4 Å². The average Bonchev–Trinajstić information content (AvgIpc) is 3.32. The predicted octanol–water partition coefficient (Wildman–Crippen LogP) is 4.71. The molecule has 1 aromatic carbocycles. The van der Waals surface area contributed by atoms with Crippen LogP contribution >= 0.6 is 11.8 Å². The van der Waals surface area contributed by atoms with E-state index in [-0.39, 0.29) is 30.0 Å². The Morgan fingerprint density at radius 3 is 2.45 bits per heavy atom. The van der Waals surface area contributed by atoms with Crippen LogP contribution in [0.15, 0.2) is 53.1 Å². The van der Waals surface area contributed by atoms with Gasteiger partial charge in [-0.2, -0.15) is 0 Å². The molecule has 0 aliphatic rings. The summed E-state index contributed by atoms with van der Waals surface area (Å²) in [6.07, 6.45) is 3.23. The summed E-state index contributed by atoms with van der Waals surface area (Å²) in [5.74, 6) is 1.07. The van der Waals surface area contributed by atoms with E-state index in [1.54, 1.807) is 6.26 Å². The Hall–Kier alpha value is -2.74. The Kier molecular flexibility index (Phi) is 11.6. The Bertz CT molecular complexity index is 855. The van der Waals surface area contributed by atoms with Crippen molar-refractivity contribution in [1.29, 1.82) is 0 Å². The minimum atomic E-state index is -0.805. The third-order valence-electron chi connectivity index (χ3n) is 5.06. The number of rotatable bonds is 14. The van der Waals surface area contributed by atoms with E-state index in [0.29, 0.717) is 12.2 Å². The lowest BCUT2D eigenvalue weighted by atomic mass is 10.0. The molecule has 0 bridgehead atoms. The van der Waals surface area contributed by atoms with Crippen molar-refractivity contribution < 1.29 is 23.5 Å².